The van der Waals surface area contributed by atoms with Crippen molar-refractivity contribution in [3.63, 3.8) is 0 Å². The lowest BCUT2D eigenvalue weighted by molar-refractivity contribution is -0.152. The normalized spacial score (nSPS) is 13.5. The van der Waals surface area contributed by atoms with Gasteiger partial charge in [-0.25, -0.2) is 4.79 Å². The number of nitrogens with zero attached hydrogens (tertiary/aromatic N) is 1. The molecule has 20 heavy (non-hydrogen) atoms. The van der Waals surface area contributed by atoms with Crippen LogP contribution in [0.15, 0.2) is 17.5 Å². The SMILES string of the molecule is CC(CN(C(=O)Cc1cccs1)C(C)C(=O)O)C(=O)O. The Labute approximate surface area is 120 Å². The van der Waals surface area contributed by atoms with Crippen molar-refractivity contribution in [3.05, 3.63) is 22.4 Å². The molecule has 2 atom stereocenters. The van der Waals surface area contributed by atoms with E-state index >= 15 is 0 Å². The largest absolute Gasteiger partial charge is 0.481 e. The van der Waals surface area contributed by atoms with Gasteiger partial charge in [0.25, 0.3) is 0 Å². The summed E-state index contributed by atoms with van der Waals surface area (Å²) in [6, 6.07) is 2.54. The second-order valence-electron chi connectivity index (χ2n) is 4.56. The molecule has 1 heterocycles. The Bertz CT molecular complexity index is 485. The summed E-state index contributed by atoms with van der Waals surface area (Å²) >= 11 is 1.40. The molecule has 1 aromatic rings. The van der Waals surface area contributed by atoms with Gasteiger partial charge in [0.05, 0.1) is 12.3 Å². The lowest BCUT2D eigenvalue weighted by Gasteiger charge is -2.28. The summed E-state index contributed by atoms with van der Waals surface area (Å²) in [6.07, 6.45) is 0.0849. The van der Waals surface area contributed by atoms with Gasteiger partial charge >= 0.3 is 11.9 Å². The van der Waals surface area contributed by atoms with Crippen molar-refractivity contribution in [3.8, 4) is 0 Å². The van der Waals surface area contributed by atoms with Crippen LogP contribution in [0.3, 0.4) is 0 Å². The average Bonchev–Trinajstić information content (AvgIpc) is 2.86. The number of carboxylic acids is 2. The summed E-state index contributed by atoms with van der Waals surface area (Å²) in [5, 5.41) is 19.8. The molecule has 0 radical (unpaired) electrons. The highest BCUT2D eigenvalue weighted by Crippen LogP contribution is 2.14. The van der Waals surface area contributed by atoms with Crippen LogP contribution in [0.1, 0.15) is 18.7 Å². The van der Waals surface area contributed by atoms with Crippen LogP contribution in [0, 0.1) is 5.92 Å². The standard InChI is InChI=1S/C13H17NO5S/c1-8(12(16)17)7-14(9(2)13(18)19)11(15)6-10-4-3-5-20-10/h3-5,8-9H,6-7H2,1-2H3,(H,16,17)(H,18,19). The summed E-state index contributed by atoms with van der Waals surface area (Å²) in [5.74, 6) is -3.40. The molecule has 0 spiro atoms. The van der Waals surface area contributed by atoms with E-state index in [1.807, 2.05) is 5.38 Å². The molecule has 0 bridgehead atoms. The van der Waals surface area contributed by atoms with Gasteiger partial charge < -0.3 is 15.1 Å². The highest BCUT2D eigenvalue weighted by molar-refractivity contribution is 7.10. The first kappa shape index (κ1) is 16.2. The Morgan fingerprint density at radius 3 is 2.35 bits per heavy atom. The Morgan fingerprint density at radius 2 is 1.90 bits per heavy atom. The van der Waals surface area contributed by atoms with Gasteiger partial charge in [-0.05, 0) is 18.4 Å². The highest BCUT2D eigenvalue weighted by Gasteiger charge is 2.28. The zero-order valence-electron chi connectivity index (χ0n) is 11.3. The van der Waals surface area contributed by atoms with E-state index in [0.717, 1.165) is 9.78 Å². The van der Waals surface area contributed by atoms with E-state index in [2.05, 4.69) is 0 Å². The molecule has 0 saturated heterocycles. The zero-order valence-corrected chi connectivity index (χ0v) is 12.1. The fourth-order valence-electron chi connectivity index (χ4n) is 1.65. The lowest BCUT2D eigenvalue weighted by atomic mass is 10.1. The molecular formula is C13H17NO5S. The van der Waals surface area contributed by atoms with Crippen LogP contribution in [-0.2, 0) is 20.8 Å². The van der Waals surface area contributed by atoms with E-state index in [-0.39, 0.29) is 18.9 Å². The fraction of sp³-hybridized carbons (Fsp3) is 0.462. The molecule has 7 heteroatoms. The number of hydrogen-bond donors (Lipinski definition) is 2. The first-order valence-corrected chi connectivity index (χ1v) is 6.98. The summed E-state index contributed by atoms with van der Waals surface area (Å²) in [5.41, 5.74) is 0. The van der Waals surface area contributed by atoms with Gasteiger partial charge in [0.1, 0.15) is 6.04 Å². The monoisotopic (exact) mass is 299 g/mol. The maximum atomic E-state index is 12.2. The molecule has 1 rings (SSSR count). The van der Waals surface area contributed by atoms with Gasteiger partial charge in [-0.2, -0.15) is 0 Å². The summed E-state index contributed by atoms with van der Waals surface area (Å²) in [7, 11) is 0. The summed E-state index contributed by atoms with van der Waals surface area (Å²) in [4.78, 5) is 36.1. The summed E-state index contributed by atoms with van der Waals surface area (Å²) < 4.78 is 0. The number of aliphatic carboxylic acids is 2. The van der Waals surface area contributed by atoms with Crippen LogP contribution in [0.4, 0.5) is 0 Å². The molecule has 2 N–H and O–H groups in total. The van der Waals surface area contributed by atoms with Crippen molar-refractivity contribution in [1.82, 2.24) is 4.90 Å². The van der Waals surface area contributed by atoms with E-state index in [9.17, 15) is 14.4 Å². The summed E-state index contributed by atoms with van der Waals surface area (Å²) in [6.45, 7) is 2.71. The maximum Gasteiger partial charge on any atom is 0.326 e. The van der Waals surface area contributed by atoms with Crippen LogP contribution in [0.5, 0.6) is 0 Å². The smallest absolute Gasteiger partial charge is 0.326 e. The number of rotatable bonds is 7. The predicted octanol–water partition coefficient (Wildman–Crippen LogP) is 1.31. The fourth-order valence-corrected chi connectivity index (χ4v) is 2.34. The van der Waals surface area contributed by atoms with Crippen LogP contribution >= 0.6 is 11.3 Å². The van der Waals surface area contributed by atoms with Crippen LogP contribution in [-0.4, -0.2) is 45.5 Å². The van der Waals surface area contributed by atoms with Crippen molar-refractivity contribution in [2.24, 2.45) is 5.92 Å². The number of carboxylic acid groups (broad SMARTS) is 2. The van der Waals surface area contributed by atoms with Crippen molar-refractivity contribution >= 4 is 29.2 Å². The van der Waals surface area contributed by atoms with Gasteiger partial charge in [-0.1, -0.05) is 13.0 Å². The Hall–Kier alpha value is -1.89. The quantitative estimate of drug-likeness (QED) is 0.791. The number of carbonyl (C=O) groups is 3. The molecule has 110 valence electrons. The molecule has 6 nitrogen and oxygen atoms in total. The van der Waals surface area contributed by atoms with Gasteiger partial charge in [-0.15, -0.1) is 11.3 Å². The zero-order chi connectivity index (χ0) is 15.3. The minimum atomic E-state index is -1.15. The van der Waals surface area contributed by atoms with E-state index in [1.165, 1.54) is 25.2 Å². The molecule has 0 aliphatic carbocycles. The number of thiophene rings is 1. The Kier molecular flexibility index (Phi) is 5.69. The third-order valence-corrected chi connectivity index (χ3v) is 3.82. The minimum absolute atomic E-state index is 0.0849. The second kappa shape index (κ2) is 7.04. The average molecular weight is 299 g/mol. The van der Waals surface area contributed by atoms with Crippen LogP contribution < -0.4 is 0 Å². The lowest BCUT2D eigenvalue weighted by Crippen LogP contribution is -2.47. The van der Waals surface area contributed by atoms with E-state index in [0.29, 0.717) is 0 Å². The van der Waals surface area contributed by atoms with Crippen LogP contribution in [0.25, 0.3) is 0 Å². The molecule has 0 saturated carbocycles. The van der Waals surface area contributed by atoms with E-state index < -0.39 is 23.9 Å². The third kappa shape index (κ3) is 4.34. The number of amides is 1. The second-order valence-corrected chi connectivity index (χ2v) is 5.59. The molecule has 0 aliphatic heterocycles. The van der Waals surface area contributed by atoms with Gasteiger partial charge in [0.2, 0.25) is 5.91 Å². The topological polar surface area (TPSA) is 94.9 Å². The van der Waals surface area contributed by atoms with Gasteiger partial charge in [0, 0.05) is 11.4 Å². The molecule has 1 amide bonds. The van der Waals surface area contributed by atoms with Gasteiger partial charge in [-0.3, -0.25) is 9.59 Å². The minimum Gasteiger partial charge on any atom is -0.481 e. The van der Waals surface area contributed by atoms with Crippen molar-refractivity contribution in [2.75, 3.05) is 6.54 Å². The first-order valence-electron chi connectivity index (χ1n) is 6.10. The van der Waals surface area contributed by atoms with Gasteiger partial charge in [0.15, 0.2) is 0 Å². The Morgan fingerprint density at radius 1 is 1.25 bits per heavy atom. The van der Waals surface area contributed by atoms with Crippen molar-refractivity contribution in [1.29, 1.82) is 0 Å². The molecule has 0 aliphatic rings. The van der Waals surface area contributed by atoms with Crippen LogP contribution in [0.2, 0.25) is 0 Å². The van der Waals surface area contributed by atoms with E-state index in [4.69, 9.17) is 10.2 Å². The highest BCUT2D eigenvalue weighted by atomic mass is 32.1. The molecule has 0 aromatic carbocycles. The Balaban J connectivity index is 2.83. The number of hydrogen-bond acceptors (Lipinski definition) is 4. The van der Waals surface area contributed by atoms with E-state index in [1.54, 1.807) is 12.1 Å². The molecule has 2 unspecified atom stereocenters. The third-order valence-electron chi connectivity index (χ3n) is 2.94. The predicted molar refractivity (Wildman–Crippen MR) is 73.6 cm³/mol. The van der Waals surface area contributed by atoms with Crippen molar-refractivity contribution in [2.45, 2.75) is 26.3 Å². The first-order chi connectivity index (χ1) is 9.32. The molecular weight excluding hydrogens is 282 g/mol. The maximum absolute atomic E-state index is 12.2. The molecule has 0 fully saturated rings. The number of carbonyl (C=O) groups excluding carboxylic acids is 1. The van der Waals surface area contributed by atoms with Crippen molar-refractivity contribution < 1.29 is 24.6 Å². The molecule has 1 aromatic heterocycles.